The van der Waals surface area contributed by atoms with E-state index < -0.39 is 0 Å². The van der Waals surface area contributed by atoms with Crippen LogP contribution in [0.25, 0.3) is 0 Å². The van der Waals surface area contributed by atoms with Gasteiger partial charge in [-0.15, -0.1) is 0 Å². The highest BCUT2D eigenvalue weighted by atomic mass is 127. The minimum Gasteiger partial charge on any atom is -1.00 e. The lowest BCUT2D eigenvalue weighted by Crippen LogP contribution is -3.13. The fourth-order valence-corrected chi connectivity index (χ4v) is 1.64. The topological polar surface area (TPSA) is 4.44 Å². The number of halogens is 1. The molecule has 0 spiro atoms. The Bertz CT molecular complexity index is 95.3. The molecule has 1 rings (SSSR count). The van der Waals surface area contributed by atoms with Crippen molar-refractivity contribution in [2.45, 2.75) is 32.7 Å². The predicted molar refractivity (Wildman–Crippen MR) is 39.6 cm³/mol. The zero-order valence-electron chi connectivity index (χ0n) is 7.15. The van der Waals surface area contributed by atoms with E-state index in [-0.39, 0.29) is 24.0 Å². The van der Waals surface area contributed by atoms with Gasteiger partial charge in [0, 0.05) is 6.42 Å². The summed E-state index contributed by atoms with van der Waals surface area (Å²) in [5.74, 6) is 0.976. The Morgan fingerprint density at radius 1 is 1.30 bits per heavy atom. The Labute approximate surface area is 81.2 Å². The van der Waals surface area contributed by atoms with Crippen LogP contribution >= 0.6 is 0 Å². The summed E-state index contributed by atoms with van der Waals surface area (Å²) in [6.07, 6.45) is 2.85. The van der Waals surface area contributed by atoms with Gasteiger partial charge < -0.3 is 28.9 Å². The van der Waals surface area contributed by atoms with Crippen LogP contribution in [-0.4, -0.2) is 19.6 Å². The van der Waals surface area contributed by atoms with Gasteiger partial charge in [-0.3, -0.25) is 0 Å². The zero-order chi connectivity index (χ0) is 6.85. The molecular formula is C8H18IN. The molecule has 0 aliphatic carbocycles. The first-order valence-corrected chi connectivity index (χ1v) is 4.02. The highest BCUT2D eigenvalue weighted by Gasteiger charge is 2.22. The molecule has 0 aromatic carbocycles. The third-order valence-corrected chi connectivity index (χ3v) is 2.63. The van der Waals surface area contributed by atoms with Gasteiger partial charge in [0.25, 0.3) is 0 Å². The summed E-state index contributed by atoms with van der Waals surface area (Å²) in [6.45, 7) is 6.09. The molecule has 1 aliphatic rings. The molecule has 1 heterocycles. The van der Waals surface area contributed by atoms with Crippen molar-refractivity contribution in [2.75, 3.05) is 13.6 Å². The maximum absolute atomic E-state index is 2.36. The van der Waals surface area contributed by atoms with E-state index in [0.29, 0.717) is 0 Å². The van der Waals surface area contributed by atoms with Gasteiger partial charge in [0.2, 0.25) is 0 Å². The molecule has 0 saturated carbocycles. The summed E-state index contributed by atoms with van der Waals surface area (Å²) in [4.78, 5) is 1.72. The van der Waals surface area contributed by atoms with Gasteiger partial charge in [0.05, 0.1) is 19.6 Å². The number of likely N-dealkylation sites (tertiary alicyclic amines) is 1. The average molecular weight is 255 g/mol. The molecule has 0 amide bonds. The Kier molecular flexibility index (Phi) is 4.86. The lowest BCUT2D eigenvalue weighted by atomic mass is 9.94. The molecule has 0 aromatic heterocycles. The molecule has 1 nitrogen and oxygen atoms in total. The number of rotatable bonds is 0. The van der Waals surface area contributed by atoms with Crippen LogP contribution in [-0.2, 0) is 0 Å². The Morgan fingerprint density at radius 2 is 1.90 bits per heavy atom. The molecule has 0 aromatic rings. The van der Waals surface area contributed by atoms with Crippen molar-refractivity contribution in [1.29, 1.82) is 0 Å². The molecule has 1 saturated heterocycles. The fraction of sp³-hybridized carbons (Fsp3) is 1.00. The van der Waals surface area contributed by atoms with E-state index in [2.05, 4.69) is 20.9 Å². The van der Waals surface area contributed by atoms with Gasteiger partial charge in [0.15, 0.2) is 0 Å². The van der Waals surface area contributed by atoms with E-state index in [1.807, 2.05) is 0 Å². The minimum absolute atomic E-state index is 0. The second-order valence-electron chi connectivity index (χ2n) is 3.63. The third kappa shape index (κ3) is 2.74. The van der Waals surface area contributed by atoms with E-state index in [9.17, 15) is 0 Å². The average Bonchev–Trinajstić information content (AvgIpc) is 1.80. The second kappa shape index (κ2) is 4.54. The molecule has 3 atom stereocenters. The molecule has 0 radical (unpaired) electrons. The summed E-state index contributed by atoms with van der Waals surface area (Å²) in [5, 5.41) is 0. The van der Waals surface area contributed by atoms with E-state index in [1.165, 1.54) is 19.4 Å². The van der Waals surface area contributed by atoms with E-state index in [0.717, 1.165) is 12.0 Å². The lowest BCUT2D eigenvalue weighted by Gasteiger charge is -2.30. The first-order chi connectivity index (χ1) is 4.20. The third-order valence-electron chi connectivity index (χ3n) is 2.63. The monoisotopic (exact) mass is 255 g/mol. The Morgan fingerprint density at radius 3 is 2.30 bits per heavy atom. The smallest absolute Gasteiger partial charge is 0.0846 e. The van der Waals surface area contributed by atoms with Crippen molar-refractivity contribution >= 4 is 0 Å². The van der Waals surface area contributed by atoms with Crippen molar-refractivity contribution in [2.24, 2.45) is 5.92 Å². The summed E-state index contributed by atoms with van der Waals surface area (Å²) in [7, 11) is 2.30. The fourth-order valence-electron chi connectivity index (χ4n) is 1.64. The van der Waals surface area contributed by atoms with E-state index in [4.69, 9.17) is 0 Å². The minimum atomic E-state index is 0. The molecule has 1 fully saturated rings. The van der Waals surface area contributed by atoms with E-state index in [1.54, 1.807) is 4.90 Å². The molecule has 0 bridgehead atoms. The van der Waals surface area contributed by atoms with Crippen LogP contribution in [0, 0.1) is 5.92 Å². The van der Waals surface area contributed by atoms with Crippen LogP contribution in [0.2, 0.25) is 0 Å². The van der Waals surface area contributed by atoms with Crippen molar-refractivity contribution in [3.63, 3.8) is 0 Å². The summed E-state index contributed by atoms with van der Waals surface area (Å²) >= 11 is 0. The highest BCUT2D eigenvalue weighted by Crippen LogP contribution is 2.10. The number of hydrogen-bond acceptors (Lipinski definition) is 0. The van der Waals surface area contributed by atoms with Gasteiger partial charge >= 0.3 is 0 Å². The number of quaternary nitrogens is 1. The molecule has 1 aliphatic heterocycles. The number of piperidine rings is 1. The first-order valence-electron chi connectivity index (χ1n) is 4.02. The van der Waals surface area contributed by atoms with Crippen LogP contribution in [0.5, 0.6) is 0 Å². The molecule has 10 heavy (non-hydrogen) atoms. The largest absolute Gasteiger partial charge is 1.00 e. The molecular weight excluding hydrogens is 237 g/mol. The molecule has 3 unspecified atom stereocenters. The Balaban J connectivity index is 0.000000810. The normalized spacial score (nSPS) is 40.5. The first kappa shape index (κ1) is 10.7. The van der Waals surface area contributed by atoms with Gasteiger partial charge in [-0.2, -0.15) is 0 Å². The predicted octanol–water partition coefficient (Wildman–Crippen LogP) is -2.68. The standard InChI is InChI=1S/C8H17N.HI/c1-7-4-5-9(3)8(2)6-7;/h7-8H,4-6H2,1-3H3;1H. The molecule has 1 N–H and O–H groups in total. The number of nitrogens with one attached hydrogen (secondary N) is 1. The van der Waals surface area contributed by atoms with Crippen molar-refractivity contribution < 1.29 is 28.9 Å². The van der Waals surface area contributed by atoms with Crippen LogP contribution in [0.4, 0.5) is 0 Å². The van der Waals surface area contributed by atoms with Crippen molar-refractivity contribution in [3.8, 4) is 0 Å². The highest BCUT2D eigenvalue weighted by molar-refractivity contribution is 4.61. The van der Waals surface area contributed by atoms with Crippen LogP contribution in [0.1, 0.15) is 26.7 Å². The second-order valence-corrected chi connectivity index (χ2v) is 3.63. The van der Waals surface area contributed by atoms with Crippen LogP contribution < -0.4 is 28.9 Å². The van der Waals surface area contributed by atoms with Crippen molar-refractivity contribution in [3.05, 3.63) is 0 Å². The quantitative estimate of drug-likeness (QED) is 0.450. The van der Waals surface area contributed by atoms with Gasteiger partial charge in [-0.1, -0.05) is 6.92 Å². The summed E-state index contributed by atoms with van der Waals surface area (Å²) in [5.41, 5.74) is 0. The zero-order valence-corrected chi connectivity index (χ0v) is 9.31. The molecule has 62 valence electrons. The van der Waals surface area contributed by atoms with Gasteiger partial charge in [0.1, 0.15) is 0 Å². The summed E-state index contributed by atoms with van der Waals surface area (Å²) < 4.78 is 0. The molecule has 2 heteroatoms. The summed E-state index contributed by atoms with van der Waals surface area (Å²) in [6, 6.07) is 0.897. The van der Waals surface area contributed by atoms with Crippen LogP contribution in [0.15, 0.2) is 0 Å². The van der Waals surface area contributed by atoms with Crippen molar-refractivity contribution in [1.82, 2.24) is 0 Å². The Hall–Kier alpha value is 0.690. The van der Waals surface area contributed by atoms with Gasteiger partial charge in [-0.25, -0.2) is 0 Å². The van der Waals surface area contributed by atoms with Gasteiger partial charge in [-0.05, 0) is 19.3 Å². The van der Waals surface area contributed by atoms with E-state index >= 15 is 0 Å². The van der Waals surface area contributed by atoms with Crippen LogP contribution in [0.3, 0.4) is 0 Å². The number of hydrogen-bond donors (Lipinski definition) is 1. The lowest BCUT2D eigenvalue weighted by molar-refractivity contribution is -0.910. The maximum atomic E-state index is 2.36. The SMILES string of the molecule is CC1CC[NH+](C)C(C)C1.[I-]. The maximum Gasteiger partial charge on any atom is 0.0846 e.